The number of carbonyl (C=O) groups excluding carboxylic acids is 2. The fourth-order valence-electron chi connectivity index (χ4n) is 1.20. The highest BCUT2D eigenvalue weighted by atomic mass is 35.6. The first-order valence-corrected chi connectivity index (χ1v) is 7.00. The van der Waals surface area contributed by atoms with Gasteiger partial charge >= 0.3 is 6.09 Å². The minimum atomic E-state index is -2.08. The van der Waals surface area contributed by atoms with Crippen molar-refractivity contribution in [3.8, 4) is 0 Å². The van der Waals surface area contributed by atoms with Crippen LogP contribution in [0.25, 0.3) is 0 Å². The molecule has 116 valence electrons. The average Bonchev–Trinajstić information content (AvgIpc) is 2.20. The van der Waals surface area contributed by atoms with Crippen LogP contribution in [0.4, 0.5) is 4.79 Å². The molecule has 0 heterocycles. The van der Waals surface area contributed by atoms with Gasteiger partial charge in [-0.3, -0.25) is 4.79 Å². The third kappa shape index (κ3) is 7.82. The largest absolute Gasteiger partial charge is 0.444 e. The Kier molecular flexibility index (Phi) is 7.14. The van der Waals surface area contributed by atoms with Crippen LogP contribution in [0.1, 0.15) is 27.7 Å². The first-order valence-electron chi connectivity index (χ1n) is 5.86. The predicted molar refractivity (Wildman–Crippen MR) is 81.2 cm³/mol. The van der Waals surface area contributed by atoms with Gasteiger partial charge in [0.2, 0.25) is 0 Å². The standard InChI is InChI=1S/C12H19Cl3N2O3/c1-6-8(17-9(18)12(13,14)15)7(2)16-10(19)20-11(3,4)5/h6-8H,1H2,2-5H3,(H,16,19)(H,17,18)/t7-,8-/m0/s1. The van der Waals surface area contributed by atoms with E-state index < -0.39 is 33.5 Å². The molecule has 0 unspecified atom stereocenters. The Morgan fingerprint density at radius 1 is 1.20 bits per heavy atom. The molecule has 0 rings (SSSR count). The molecule has 0 saturated heterocycles. The van der Waals surface area contributed by atoms with Gasteiger partial charge in [0.1, 0.15) is 5.60 Å². The van der Waals surface area contributed by atoms with Crippen molar-refractivity contribution in [2.24, 2.45) is 0 Å². The minimum Gasteiger partial charge on any atom is -0.444 e. The van der Waals surface area contributed by atoms with Gasteiger partial charge in [-0.1, -0.05) is 40.9 Å². The maximum Gasteiger partial charge on any atom is 0.407 e. The second-order valence-corrected chi connectivity index (χ2v) is 7.45. The molecule has 0 spiro atoms. The zero-order chi connectivity index (χ0) is 16.1. The topological polar surface area (TPSA) is 67.4 Å². The Bertz CT molecular complexity index is 375. The van der Waals surface area contributed by atoms with Crippen LogP contribution in [0, 0.1) is 0 Å². The fourth-order valence-corrected chi connectivity index (χ4v) is 1.37. The zero-order valence-electron chi connectivity index (χ0n) is 11.8. The van der Waals surface area contributed by atoms with Crippen LogP contribution in [0.15, 0.2) is 12.7 Å². The summed E-state index contributed by atoms with van der Waals surface area (Å²) in [4.78, 5) is 23.2. The predicted octanol–water partition coefficient (Wildman–Crippen LogP) is 2.94. The van der Waals surface area contributed by atoms with E-state index in [1.165, 1.54) is 6.08 Å². The van der Waals surface area contributed by atoms with Crippen LogP contribution in [-0.2, 0) is 9.53 Å². The molecule has 0 aromatic rings. The number of rotatable bonds is 4. The van der Waals surface area contributed by atoms with Gasteiger partial charge in [0, 0.05) is 0 Å². The van der Waals surface area contributed by atoms with Gasteiger partial charge in [-0.15, -0.1) is 6.58 Å². The van der Waals surface area contributed by atoms with E-state index >= 15 is 0 Å². The lowest BCUT2D eigenvalue weighted by atomic mass is 10.1. The number of alkyl carbamates (subject to hydrolysis) is 1. The molecule has 0 saturated carbocycles. The van der Waals surface area contributed by atoms with Gasteiger partial charge < -0.3 is 15.4 Å². The van der Waals surface area contributed by atoms with Crippen molar-refractivity contribution in [2.45, 2.75) is 49.2 Å². The first kappa shape index (κ1) is 19.4. The van der Waals surface area contributed by atoms with Gasteiger partial charge in [0.15, 0.2) is 0 Å². The normalized spacial score (nSPS) is 14.9. The summed E-state index contributed by atoms with van der Waals surface area (Å²) >= 11 is 16.4. The van der Waals surface area contributed by atoms with Crippen LogP contribution in [-0.4, -0.2) is 33.5 Å². The molecular weight excluding hydrogens is 327 g/mol. The quantitative estimate of drug-likeness (QED) is 0.608. The second kappa shape index (κ2) is 7.38. The summed E-state index contributed by atoms with van der Waals surface area (Å²) in [6.45, 7) is 10.5. The number of ether oxygens (including phenoxy) is 1. The van der Waals surface area contributed by atoms with Gasteiger partial charge in [-0.05, 0) is 27.7 Å². The molecule has 0 aromatic heterocycles. The average molecular weight is 346 g/mol. The maximum atomic E-state index is 11.6. The highest BCUT2D eigenvalue weighted by Gasteiger charge is 2.33. The summed E-state index contributed by atoms with van der Waals surface area (Å²) in [5.74, 6) is -0.801. The van der Waals surface area contributed by atoms with Crippen LogP contribution in [0.2, 0.25) is 0 Å². The molecule has 2 N–H and O–H groups in total. The highest BCUT2D eigenvalue weighted by molar-refractivity contribution is 6.76. The molecular formula is C12H19Cl3N2O3. The summed E-state index contributed by atoms with van der Waals surface area (Å²) in [6, 6.07) is -1.09. The van der Waals surface area contributed by atoms with Crippen LogP contribution in [0.3, 0.4) is 0 Å². The Morgan fingerprint density at radius 3 is 2.05 bits per heavy atom. The van der Waals surface area contributed by atoms with E-state index in [1.54, 1.807) is 27.7 Å². The summed E-state index contributed by atoms with van der Waals surface area (Å²) in [5, 5.41) is 5.02. The Morgan fingerprint density at radius 2 is 1.70 bits per heavy atom. The van der Waals surface area contributed by atoms with Gasteiger partial charge in [-0.2, -0.15) is 0 Å². The van der Waals surface area contributed by atoms with E-state index in [9.17, 15) is 9.59 Å². The van der Waals surface area contributed by atoms with Gasteiger partial charge in [0.25, 0.3) is 9.70 Å². The van der Waals surface area contributed by atoms with Crippen molar-refractivity contribution in [3.05, 3.63) is 12.7 Å². The molecule has 0 bridgehead atoms. The zero-order valence-corrected chi connectivity index (χ0v) is 14.1. The third-order valence-corrected chi connectivity index (χ3v) is 2.61. The number of halogens is 3. The lowest BCUT2D eigenvalue weighted by molar-refractivity contribution is -0.120. The SMILES string of the molecule is C=C[C@H](NC(=O)C(Cl)(Cl)Cl)[C@H](C)NC(=O)OC(C)(C)C. The maximum absolute atomic E-state index is 11.6. The van der Waals surface area contributed by atoms with Crippen molar-refractivity contribution < 1.29 is 14.3 Å². The van der Waals surface area contributed by atoms with E-state index in [0.29, 0.717) is 0 Å². The van der Waals surface area contributed by atoms with E-state index in [0.717, 1.165) is 0 Å². The molecule has 0 fully saturated rings. The van der Waals surface area contributed by atoms with Crippen molar-refractivity contribution in [3.63, 3.8) is 0 Å². The lowest BCUT2D eigenvalue weighted by Gasteiger charge is -2.26. The first-order chi connectivity index (χ1) is 8.86. The Labute approximate surface area is 134 Å². The molecule has 2 amide bonds. The third-order valence-electron chi connectivity index (χ3n) is 2.09. The Hall–Kier alpha value is -0.650. The van der Waals surface area contributed by atoms with Gasteiger partial charge in [0.05, 0.1) is 12.1 Å². The van der Waals surface area contributed by atoms with Crippen LogP contribution >= 0.6 is 34.8 Å². The monoisotopic (exact) mass is 344 g/mol. The van der Waals surface area contributed by atoms with E-state index in [2.05, 4.69) is 17.2 Å². The molecule has 5 nitrogen and oxygen atoms in total. The molecule has 20 heavy (non-hydrogen) atoms. The van der Waals surface area contributed by atoms with Crippen molar-refractivity contribution in [1.82, 2.24) is 10.6 Å². The number of nitrogens with one attached hydrogen (secondary N) is 2. The molecule has 0 aliphatic heterocycles. The number of hydrogen-bond acceptors (Lipinski definition) is 3. The molecule has 0 aromatic carbocycles. The van der Waals surface area contributed by atoms with Crippen LogP contribution < -0.4 is 10.6 Å². The highest BCUT2D eigenvalue weighted by Crippen LogP contribution is 2.26. The van der Waals surface area contributed by atoms with Crippen molar-refractivity contribution in [1.29, 1.82) is 0 Å². The summed E-state index contributed by atoms with van der Waals surface area (Å²) < 4.78 is 3.02. The smallest absolute Gasteiger partial charge is 0.407 e. The van der Waals surface area contributed by atoms with E-state index in [4.69, 9.17) is 39.5 Å². The minimum absolute atomic E-state index is 0.487. The summed E-state index contributed by atoms with van der Waals surface area (Å²) in [5.41, 5.74) is -0.617. The summed E-state index contributed by atoms with van der Waals surface area (Å²) in [7, 11) is 0. The summed E-state index contributed by atoms with van der Waals surface area (Å²) in [6.07, 6.45) is 0.816. The van der Waals surface area contributed by atoms with Crippen LogP contribution in [0.5, 0.6) is 0 Å². The molecule has 2 atom stereocenters. The van der Waals surface area contributed by atoms with E-state index in [-0.39, 0.29) is 0 Å². The fraction of sp³-hybridized carbons (Fsp3) is 0.667. The van der Waals surface area contributed by atoms with Gasteiger partial charge in [-0.25, -0.2) is 4.79 Å². The number of alkyl halides is 3. The number of hydrogen-bond donors (Lipinski definition) is 2. The number of amides is 2. The van der Waals surface area contributed by atoms with E-state index in [1.807, 2.05) is 0 Å². The molecule has 0 aliphatic carbocycles. The second-order valence-electron chi connectivity index (χ2n) is 5.17. The Balaban J connectivity index is 4.57. The van der Waals surface area contributed by atoms with Crippen molar-refractivity contribution >= 4 is 46.8 Å². The molecule has 8 heteroatoms. The number of carbonyl (C=O) groups is 2. The molecule has 0 radical (unpaired) electrons. The van der Waals surface area contributed by atoms with Crippen molar-refractivity contribution in [2.75, 3.05) is 0 Å². The molecule has 0 aliphatic rings. The lowest BCUT2D eigenvalue weighted by Crippen LogP contribution is -2.52.